The maximum atomic E-state index is 12.5. The van der Waals surface area contributed by atoms with Crippen LogP contribution >= 0.6 is 0 Å². The Morgan fingerprint density at radius 3 is 2.43 bits per heavy atom. The van der Waals surface area contributed by atoms with E-state index in [2.05, 4.69) is 25.0 Å². The summed E-state index contributed by atoms with van der Waals surface area (Å²) in [4.78, 5) is 29.9. The van der Waals surface area contributed by atoms with Gasteiger partial charge in [-0.05, 0) is 19.1 Å². The fourth-order valence-corrected chi connectivity index (χ4v) is 2.02. The summed E-state index contributed by atoms with van der Waals surface area (Å²) in [6.07, 6.45) is -4.75. The number of aliphatic hydroxyl groups excluding tert-OH is 1. The highest BCUT2D eigenvalue weighted by molar-refractivity contribution is 5.98. The lowest BCUT2D eigenvalue weighted by molar-refractivity contribution is -0.159. The number of hydrogen-bond donors (Lipinski definition) is 3. The first-order valence-corrected chi connectivity index (χ1v) is 7.78. The van der Waals surface area contributed by atoms with Gasteiger partial charge >= 0.3 is 18.0 Å². The molecule has 1 aromatic carbocycles. The minimum atomic E-state index is -4.75. The van der Waals surface area contributed by atoms with E-state index in [4.69, 9.17) is 10.2 Å². The van der Waals surface area contributed by atoms with Crippen molar-refractivity contribution < 1.29 is 37.5 Å². The van der Waals surface area contributed by atoms with Crippen LogP contribution in [0.1, 0.15) is 23.2 Å². The molecule has 3 N–H and O–H groups in total. The van der Waals surface area contributed by atoms with E-state index in [9.17, 15) is 22.8 Å². The monoisotopic (exact) mass is 400 g/mol. The second-order valence-corrected chi connectivity index (χ2v) is 5.58. The van der Waals surface area contributed by atoms with E-state index in [0.29, 0.717) is 0 Å². The molecule has 150 valence electrons. The average Bonchev–Trinajstić information content (AvgIpc) is 3.14. The standard InChI is InChI=1S/C16H15F3N4O5/c1-8(21-11(7-24)14(26)27)6-20-13(25)10-4-2-9(3-5-10)12-22-15(28-23-12)16(17,18)19/h2-5,11,24H,6-7H2,1H3,(H,20,25)(H,26,27)/t11-/m0/s1. The number of rotatable bonds is 7. The predicted octanol–water partition coefficient (Wildman–Crippen LogP) is 1.39. The molecule has 0 radical (unpaired) electrons. The van der Waals surface area contributed by atoms with E-state index in [-0.39, 0.29) is 29.2 Å². The van der Waals surface area contributed by atoms with Crippen molar-refractivity contribution in [3.8, 4) is 11.4 Å². The minimum Gasteiger partial charge on any atom is -0.480 e. The maximum Gasteiger partial charge on any atom is 0.471 e. The Morgan fingerprint density at radius 2 is 1.93 bits per heavy atom. The van der Waals surface area contributed by atoms with Gasteiger partial charge in [0.15, 0.2) is 6.04 Å². The fourth-order valence-electron chi connectivity index (χ4n) is 2.02. The van der Waals surface area contributed by atoms with Crippen molar-refractivity contribution in [1.82, 2.24) is 15.5 Å². The average molecular weight is 400 g/mol. The first-order chi connectivity index (χ1) is 13.1. The molecule has 0 aliphatic heterocycles. The summed E-state index contributed by atoms with van der Waals surface area (Å²) >= 11 is 0. The zero-order chi connectivity index (χ0) is 20.9. The van der Waals surface area contributed by atoms with Gasteiger partial charge in [-0.15, -0.1) is 0 Å². The molecular weight excluding hydrogens is 385 g/mol. The number of aliphatic hydroxyl groups is 1. The van der Waals surface area contributed by atoms with E-state index in [0.717, 1.165) is 0 Å². The molecule has 0 fully saturated rings. The Bertz CT molecular complexity index is 877. The second-order valence-electron chi connectivity index (χ2n) is 5.58. The summed E-state index contributed by atoms with van der Waals surface area (Å²) in [7, 11) is 0. The molecule has 28 heavy (non-hydrogen) atoms. The van der Waals surface area contributed by atoms with Crippen molar-refractivity contribution in [3.05, 3.63) is 35.7 Å². The first-order valence-electron chi connectivity index (χ1n) is 7.78. The molecule has 0 aliphatic rings. The molecular formula is C16H15F3N4O5. The molecule has 2 aromatic rings. The summed E-state index contributed by atoms with van der Waals surface area (Å²) in [6.45, 7) is 0.766. The number of halogens is 3. The summed E-state index contributed by atoms with van der Waals surface area (Å²) in [6, 6.07) is 4.11. The summed E-state index contributed by atoms with van der Waals surface area (Å²) < 4.78 is 41.6. The number of nitrogens with zero attached hydrogens (tertiary/aromatic N) is 3. The van der Waals surface area contributed by atoms with Gasteiger partial charge in [-0.3, -0.25) is 9.79 Å². The lowest BCUT2D eigenvalue weighted by Gasteiger charge is -2.08. The summed E-state index contributed by atoms with van der Waals surface area (Å²) in [5.74, 6) is -3.55. The quantitative estimate of drug-likeness (QED) is 0.597. The molecule has 12 heteroatoms. The van der Waals surface area contributed by atoms with Gasteiger partial charge in [0.05, 0.1) is 13.2 Å². The number of nitrogens with one attached hydrogen (secondary N) is 1. The van der Waals surface area contributed by atoms with Crippen LogP contribution in [-0.4, -0.2) is 57.1 Å². The van der Waals surface area contributed by atoms with Gasteiger partial charge < -0.3 is 20.1 Å². The van der Waals surface area contributed by atoms with Crippen LogP contribution in [-0.2, 0) is 11.0 Å². The largest absolute Gasteiger partial charge is 0.480 e. The second kappa shape index (κ2) is 8.61. The van der Waals surface area contributed by atoms with Crippen molar-refractivity contribution >= 4 is 17.6 Å². The number of hydrogen-bond acceptors (Lipinski definition) is 7. The Balaban J connectivity index is 2.01. The van der Waals surface area contributed by atoms with Gasteiger partial charge in [-0.1, -0.05) is 17.3 Å². The zero-order valence-corrected chi connectivity index (χ0v) is 14.4. The van der Waals surface area contributed by atoms with E-state index in [1.54, 1.807) is 0 Å². The van der Waals surface area contributed by atoms with Crippen LogP contribution in [0.4, 0.5) is 13.2 Å². The van der Waals surface area contributed by atoms with Gasteiger partial charge in [-0.2, -0.15) is 18.2 Å². The molecule has 1 atom stereocenters. The maximum absolute atomic E-state index is 12.5. The number of aromatic nitrogens is 2. The third kappa shape index (κ3) is 5.36. The molecule has 0 saturated carbocycles. The number of benzene rings is 1. The van der Waals surface area contributed by atoms with Crippen LogP contribution in [0.2, 0.25) is 0 Å². The van der Waals surface area contributed by atoms with E-state index in [1.807, 2.05) is 0 Å². The molecule has 0 aliphatic carbocycles. The highest BCUT2D eigenvalue weighted by Crippen LogP contribution is 2.29. The van der Waals surface area contributed by atoms with E-state index in [1.165, 1.54) is 31.2 Å². The van der Waals surface area contributed by atoms with Gasteiger partial charge in [0.1, 0.15) is 0 Å². The molecule has 0 bridgehead atoms. The third-order valence-electron chi connectivity index (χ3n) is 3.41. The van der Waals surface area contributed by atoms with E-state index >= 15 is 0 Å². The molecule has 0 unspecified atom stereocenters. The number of aliphatic imine (C=N–C) groups is 1. The van der Waals surface area contributed by atoms with Gasteiger partial charge in [0.2, 0.25) is 5.82 Å². The van der Waals surface area contributed by atoms with Crippen LogP contribution in [0.25, 0.3) is 11.4 Å². The molecule has 9 nitrogen and oxygen atoms in total. The Kier molecular flexibility index (Phi) is 6.46. The lowest BCUT2D eigenvalue weighted by atomic mass is 10.1. The summed E-state index contributed by atoms with van der Waals surface area (Å²) in [5, 5.41) is 23.5. The Hall–Kier alpha value is -3.28. The Morgan fingerprint density at radius 1 is 1.29 bits per heavy atom. The molecule has 0 saturated heterocycles. The van der Waals surface area contributed by atoms with E-state index < -0.39 is 36.6 Å². The zero-order valence-electron chi connectivity index (χ0n) is 14.4. The third-order valence-corrected chi connectivity index (χ3v) is 3.41. The SMILES string of the molecule is CC(CNC(=O)c1ccc(-c2noc(C(F)(F)F)n2)cc1)=N[C@@H](CO)C(=O)O. The summed E-state index contributed by atoms with van der Waals surface area (Å²) in [5.41, 5.74) is 0.715. The topological polar surface area (TPSA) is 138 Å². The lowest BCUT2D eigenvalue weighted by Crippen LogP contribution is -2.31. The number of alkyl halides is 3. The van der Waals surface area contributed by atoms with Crippen molar-refractivity contribution in [3.63, 3.8) is 0 Å². The van der Waals surface area contributed by atoms with Crippen LogP contribution in [0.3, 0.4) is 0 Å². The van der Waals surface area contributed by atoms with Crippen molar-refractivity contribution in [2.45, 2.75) is 19.1 Å². The van der Waals surface area contributed by atoms with Crippen LogP contribution in [0.5, 0.6) is 0 Å². The number of carboxylic acids is 1. The molecule has 0 spiro atoms. The minimum absolute atomic E-state index is 0.0514. The number of amides is 1. The van der Waals surface area contributed by atoms with Crippen LogP contribution in [0.15, 0.2) is 33.8 Å². The highest BCUT2D eigenvalue weighted by Gasteiger charge is 2.38. The molecule has 1 heterocycles. The fraction of sp³-hybridized carbons (Fsp3) is 0.312. The number of carbonyl (C=O) groups excluding carboxylic acids is 1. The highest BCUT2D eigenvalue weighted by atomic mass is 19.4. The number of carboxylic acid groups (broad SMARTS) is 1. The predicted molar refractivity (Wildman–Crippen MR) is 88.7 cm³/mol. The van der Waals surface area contributed by atoms with Crippen LogP contribution < -0.4 is 5.32 Å². The van der Waals surface area contributed by atoms with Crippen molar-refractivity contribution in [2.24, 2.45) is 4.99 Å². The van der Waals surface area contributed by atoms with Crippen LogP contribution in [0, 0.1) is 0 Å². The normalized spacial score (nSPS) is 13.2. The number of carbonyl (C=O) groups is 2. The molecule has 1 amide bonds. The Labute approximate surface area is 155 Å². The van der Waals surface area contributed by atoms with Crippen molar-refractivity contribution in [2.75, 3.05) is 13.2 Å². The van der Waals surface area contributed by atoms with Gasteiger partial charge in [0.25, 0.3) is 5.91 Å². The smallest absolute Gasteiger partial charge is 0.471 e. The molecule has 2 rings (SSSR count). The van der Waals surface area contributed by atoms with Crippen molar-refractivity contribution in [1.29, 1.82) is 0 Å². The number of aliphatic carboxylic acids is 1. The van der Waals surface area contributed by atoms with Gasteiger partial charge in [-0.25, -0.2) is 4.79 Å². The van der Waals surface area contributed by atoms with Gasteiger partial charge in [0, 0.05) is 16.8 Å². The first kappa shape index (κ1) is 21.0. The molecule has 1 aromatic heterocycles.